The van der Waals surface area contributed by atoms with Crippen molar-refractivity contribution in [3.8, 4) is 0 Å². The Bertz CT molecular complexity index is 816. The molecule has 0 bridgehead atoms. The molecule has 1 aromatic heterocycles. The average Bonchev–Trinajstić information content (AvgIpc) is 3.36. The number of nitrogens with zero attached hydrogens (tertiary/aromatic N) is 3. The van der Waals surface area contributed by atoms with Gasteiger partial charge < -0.3 is 20.1 Å². The molecular weight excluding hydrogens is 396 g/mol. The highest BCUT2D eigenvalue weighted by Crippen LogP contribution is 2.37. The minimum absolute atomic E-state index is 0.0445. The van der Waals surface area contributed by atoms with Crippen LogP contribution in [0.4, 0.5) is 0 Å². The van der Waals surface area contributed by atoms with Gasteiger partial charge in [0, 0.05) is 44.5 Å². The molecule has 31 heavy (non-hydrogen) atoms. The fourth-order valence-corrected chi connectivity index (χ4v) is 5.32. The highest BCUT2D eigenvalue weighted by atomic mass is 16.5. The van der Waals surface area contributed by atoms with Crippen molar-refractivity contribution >= 4 is 17.7 Å². The molecule has 8 heteroatoms. The molecule has 0 aromatic carbocycles. The molecule has 3 aliphatic rings. The van der Waals surface area contributed by atoms with Gasteiger partial charge >= 0.3 is 0 Å². The molecule has 0 spiro atoms. The number of carbonyl (C=O) groups excluding carboxylic acids is 3. The Morgan fingerprint density at radius 2 is 1.90 bits per heavy atom. The first kappa shape index (κ1) is 21.8. The summed E-state index contributed by atoms with van der Waals surface area (Å²) in [4.78, 5) is 40.9. The summed E-state index contributed by atoms with van der Waals surface area (Å²) < 4.78 is 5.59. The maximum absolute atomic E-state index is 12.9. The van der Waals surface area contributed by atoms with Gasteiger partial charge in [-0.3, -0.25) is 14.4 Å². The third-order valence-electron chi connectivity index (χ3n) is 7.34. The van der Waals surface area contributed by atoms with Crippen LogP contribution in [0.2, 0.25) is 0 Å². The lowest BCUT2D eigenvalue weighted by atomic mass is 9.81. The van der Waals surface area contributed by atoms with E-state index in [0.717, 1.165) is 37.8 Å². The first-order valence-corrected chi connectivity index (χ1v) is 11.8. The Kier molecular flexibility index (Phi) is 6.62. The second-order valence-corrected chi connectivity index (χ2v) is 9.57. The number of primary amides is 1. The van der Waals surface area contributed by atoms with Crippen LogP contribution in [0.5, 0.6) is 0 Å². The van der Waals surface area contributed by atoms with Crippen molar-refractivity contribution in [3.05, 3.63) is 17.5 Å². The number of nitrogens with two attached hydrogens (primary N) is 1. The Morgan fingerprint density at radius 1 is 1.13 bits per heavy atom. The lowest BCUT2D eigenvalue weighted by molar-refractivity contribution is -0.140. The molecule has 0 unspecified atom stereocenters. The van der Waals surface area contributed by atoms with E-state index in [0.29, 0.717) is 44.0 Å². The number of carbonyl (C=O) groups is 3. The van der Waals surface area contributed by atoms with Crippen LogP contribution in [0.1, 0.15) is 81.6 Å². The number of hydrogen-bond acceptors (Lipinski definition) is 5. The van der Waals surface area contributed by atoms with E-state index in [1.54, 1.807) is 9.80 Å². The summed E-state index contributed by atoms with van der Waals surface area (Å²) in [5.41, 5.74) is 5.94. The Hall–Kier alpha value is -2.38. The Balaban J connectivity index is 1.39. The molecule has 2 aliphatic heterocycles. The quantitative estimate of drug-likeness (QED) is 0.745. The zero-order valence-electron chi connectivity index (χ0n) is 18.3. The predicted octanol–water partition coefficient (Wildman–Crippen LogP) is 2.37. The van der Waals surface area contributed by atoms with Crippen molar-refractivity contribution in [1.82, 2.24) is 15.0 Å². The molecule has 0 radical (unpaired) electrons. The maximum Gasteiger partial charge on any atom is 0.242 e. The minimum Gasteiger partial charge on any atom is -0.369 e. The first-order valence-electron chi connectivity index (χ1n) is 11.8. The van der Waals surface area contributed by atoms with E-state index < -0.39 is 11.3 Å². The van der Waals surface area contributed by atoms with Crippen LogP contribution in [0.3, 0.4) is 0 Å². The van der Waals surface area contributed by atoms with E-state index in [9.17, 15) is 14.4 Å². The third-order valence-corrected chi connectivity index (χ3v) is 7.34. The van der Waals surface area contributed by atoms with E-state index in [-0.39, 0.29) is 24.9 Å². The van der Waals surface area contributed by atoms with Gasteiger partial charge in [-0.2, -0.15) is 0 Å². The normalized spacial score (nSPS) is 25.6. The zero-order chi connectivity index (χ0) is 21.8. The van der Waals surface area contributed by atoms with E-state index in [4.69, 9.17) is 10.3 Å². The molecule has 1 saturated carbocycles. The van der Waals surface area contributed by atoms with Crippen molar-refractivity contribution in [1.29, 1.82) is 0 Å². The molecule has 3 fully saturated rings. The Labute approximate surface area is 183 Å². The van der Waals surface area contributed by atoms with E-state index >= 15 is 0 Å². The largest absolute Gasteiger partial charge is 0.369 e. The lowest BCUT2D eigenvalue weighted by Gasteiger charge is -2.27. The summed E-state index contributed by atoms with van der Waals surface area (Å²) in [6.45, 7) is 1.44. The van der Waals surface area contributed by atoms with Gasteiger partial charge in [0.05, 0.1) is 17.7 Å². The van der Waals surface area contributed by atoms with Crippen molar-refractivity contribution in [2.24, 2.45) is 11.1 Å². The lowest BCUT2D eigenvalue weighted by Crippen LogP contribution is -2.45. The molecule has 1 atom stereocenters. The molecule has 8 nitrogen and oxygen atoms in total. The fourth-order valence-electron chi connectivity index (χ4n) is 5.32. The number of rotatable bonds is 6. The molecule has 2 N–H and O–H groups in total. The van der Waals surface area contributed by atoms with Gasteiger partial charge in [0.25, 0.3) is 0 Å². The van der Waals surface area contributed by atoms with Crippen LogP contribution in [0.15, 0.2) is 10.6 Å². The van der Waals surface area contributed by atoms with Crippen molar-refractivity contribution < 1.29 is 18.9 Å². The van der Waals surface area contributed by atoms with E-state index in [2.05, 4.69) is 5.16 Å². The standard InChI is InChI=1S/C23H34N4O4/c24-22(30)23(14-18-13-19(25-31-18)17-7-3-1-4-8-17)10-12-27(16-23)21(29)15-26-11-6-2-5-9-20(26)28/h13,17H,1-12,14-16H2,(H2,24,30)/t23-/m0/s1. The summed E-state index contributed by atoms with van der Waals surface area (Å²) in [6.07, 6.45) is 10.2. The van der Waals surface area contributed by atoms with Crippen molar-refractivity contribution in [2.75, 3.05) is 26.2 Å². The molecule has 3 amide bonds. The zero-order valence-corrected chi connectivity index (χ0v) is 18.3. The van der Waals surface area contributed by atoms with E-state index in [1.807, 2.05) is 6.07 Å². The highest BCUT2D eigenvalue weighted by Gasteiger charge is 2.46. The monoisotopic (exact) mass is 430 g/mol. The summed E-state index contributed by atoms with van der Waals surface area (Å²) in [5, 5.41) is 4.27. The van der Waals surface area contributed by atoms with Gasteiger partial charge in [-0.25, -0.2) is 0 Å². The van der Waals surface area contributed by atoms with Crippen molar-refractivity contribution in [3.63, 3.8) is 0 Å². The fraction of sp³-hybridized carbons (Fsp3) is 0.739. The average molecular weight is 431 g/mol. The second kappa shape index (κ2) is 9.40. The smallest absolute Gasteiger partial charge is 0.242 e. The predicted molar refractivity (Wildman–Crippen MR) is 114 cm³/mol. The van der Waals surface area contributed by atoms with Crippen LogP contribution in [-0.2, 0) is 20.8 Å². The number of likely N-dealkylation sites (tertiary alicyclic amines) is 2. The van der Waals surface area contributed by atoms with Crippen LogP contribution in [0, 0.1) is 5.41 Å². The Morgan fingerprint density at radius 3 is 2.68 bits per heavy atom. The summed E-state index contributed by atoms with van der Waals surface area (Å²) in [7, 11) is 0. The van der Waals surface area contributed by atoms with Gasteiger partial charge in [-0.15, -0.1) is 0 Å². The minimum atomic E-state index is -0.845. The molecular formula is C23H34N4O4. The third kappa shape index (κ3) is 4.93. The molecule has 1 aromatic rings. The van der Waals surface area contributed by atoms with Gasteiger partial charge in [0.15, 0.2) is 0 Å². The summed E-state index contributed by atoms with van der Waals surface area (Å²) in [6, 6.07) is 1.97. The van der Waals surface area contributed by atoms with Gasteiger partial charge in [-0.05, 0) is 32.1 Å². The SMILES string of the molecule is NC(=O)[C@]1(Cc2cc(C3CCCCC3)no2)CCN(C(=O)CN2CCCCCC2=O)C1. The number of aromatic nitrogens is 1. The number of amides is 3. The van der Waals surface area contributed by atoms with Gasteiger partial charge in [0.1, 0.15) is 5.76 Å². The van der Waals surface area contributed by atoms with Gasteiger partial charge in [-0.1, -0.05) is 30.8 Å². The van der Waals surface area contributed by atoms with Crippen LogP contribution < -0.4 is 5.73 Å². The molecule has 1 aliphatic carbocycles. The number of hydrogen-bond donors (Lipinski definition) is 1. The maximum atomic E-state index is 12.9. The van der Waals surface area contributed by atoms with Crippen LogP contribution in [-0.4, -0.2) is 58.9 Å². The first-order chi connectivity index (χ1) is 15.0. The van der Waals surface area contributed by atoms with Crippen LogP contribution >= 0.6 is 0 Å². The van der Waals surface area contributed by atoms with Crippen molar-refractivity contribution in [2.45, 2.75) is 76.5 Å². The highest BCUT2D eigenvalue weighted by molar-refractivity contribution is 5.87. The van der Waals surface area contributed by atoms with E-state index in [1.165, 1.54) is 19.3 Å². The molecule has 3 heterocycles. The van der Waals surface area contributed by atoms with Crippen LogP contribution in [0.25, 0.3) is 0 Å². The second-order valence-electron chi connectivity index (χ2n) is 9.57. The summed E-state index contributed by atoms with van der Waals surface area (Å²) in [5.74, 6) is 0.617. The summed E-state index contributed by atoms with van der Waals surface area (Å²) >= 11 is 0. The molecule has 170 valence electrons. The molecule has 2 saturated heterocycles. The van der Waals surface area contributed by atoms with Gasteiger partial charge in [0.2, 0.25) is 17.7 Å². The topological polar surface area (TPSA) is 110 Å². The molecule has 4 rings (SSSR count).